The molecular formula is C11H15F3N2. The molecule has 0 amide bonds. The van der Waals surface area contributed by atoms with Crippen molar-refractivity contribution in [2.24, 2.45) is 0 Å². The number of rotatable bonds is 3. The van der Waals surface area contributed by atoms with E-state index >= 15 is 0 Å². The highest BCUT2D eigenvalue weighted by atomic mass is 19.4. The lowest BCUT2D eigenvalue weighted by molar-refractivity contribution is -0.137. The zero-order valence-electron chi connectivity index (χ0n) is 9.30. The highest BCUT2D eigenvalue weighted by Gasteiger charge is 2.34. The van der Waals surface area contributed by atoms with Gasteiger partial charge in [-0.25, -0.2) is 0 Å². The number of nitrogens with two attached hydrogens (primary N) is 1. The summed E-state index contributed by atoms with van der Waals surface area (Å²) in [6.45, 7) is 4.66. The van der Waals surface area contributed by atoms with Crippen molar-refractivity contribution >= 4 is 11.4 Å². The van der Waals surface area contributed by atoms with Gasteiger partial charge in [0.1, 0.15) is 0 Å². The fourth-order valence-electron chi connectivity index (χ4n) is 1.61. The minimum absolute atomic E-state index is 0.150. The van der Waals surface area contributed by atoms with Crippen LogP contribution in [0.15, 0.2) is 18.2 Å². The molecule has 16 heavy (non-hydrogen) atoms. The van der Waals surface area contributed by atoms with Crippen molar-refractivity contribution in [3.05, 3.63) is 23.8 Å². The molecule has 0 heterocycles. The largest absolute Gasteiger partial charge is 0.418 e. The first kappa shape index (κ1) is 12.7. The van der Waals surface area contributed by atoms with Crippen molar-refractivity contribution in [1.82, 2.24) is 0 Å². The van der Waals surface area contributed by atoms with Crippen LogP contribution < -0.4 is 10.6 Å². The molecule has 5 heteroatoms. The highest BCUT2D eigenvalue weighted by molar-refractivity contribution is 5.62. The summed E-state index contributed by atoms with van der Waals surface area (Å²) in [6.07, 6.45) is -4.34. The number of hydrogen-bond acceptors (Lipinski definition) is 2. The minimum atomic E-state index is -4.34. The zero-order chi connectivity index (χ0) is 12.3. The standard InChI is InChI=1S/C11H15F3N2/c1-3-16(4-2)10-7-8(15)5-6-9(10)11(12,13)14/h5-7H,3-4,15H2,1-2H3. The normalized spacial score (nSPS) is 11.6. The maximum absolute atomic E-state index is 12.7. The molecule has 0 aliphatic carbocycles. The molecule has 0 aliphatic heterocycles. The van der Waals surface area contributed by atoms with E-state index in [2.05, 4.69) is 0 Å². The molecule has 0 saturated carbocycles. The number of anilines is 2. The smallest absolute Gasteiger partial charge is 0.399 e. The molecule has 0 aromatic heterocycles. The van der Waals surface area contributed by atoms with E-state index in [-0.39, 0.29) is 5.69 Å². The quantitative estimate of drug-likeness (QED) is 0.811. The van der Waals surface area contributed by atoms with Crippen molar-refractivity contribution in [2.75, 3.05) is 23.7 Å². The van der Waals surface area contributed by atoms with Gasteiger partial charge in [-0.3, -0.25) is 0 Å². The Morgan fingerprint density at radius 2 is 1.75 bits per heavy atom. The fraction of sp³-hybridized carbons (Fsp3) is 0.455. The summed E-state index contributed by atoms with van der Waals surface area (Å²) in [5.41, 5.74) is 5.38. The lowest BCUT2D eigenvalue weighted by atomic mass is 10.1. The topological polar surface area (TPSA) is 29.3 Å². The van der Waals surface area contributed by atoms with E-state index in [1.54, 1.807) is 4.90 Å². The van der Waals surface area contributed by atoms with Crippen molar-refractivity contribution in [1.29, 1.82) is 0 Å². The minimum Gasteiger partial charge on any atom is -0.399 e. The van der Waals surface area contributed by atoms with E-state index in [0.717, 1.165) is 6.07 Å². The average Bonchev–Trinajstić information content (AvgIpc) is 2.17. The third-order valence-corrected chi connectivity index (χ3v) is 2.43. The molecule has 0 unspecified atom stereocenters. The maximum Gasteiger partial charge on any atom is 0.418 e. The first-order valence-corrected chi connectivity index (χ1v) is 5.11. The predicted molar refractivity (Wildman–Crippen MR) is 59.4 cm³/mol. The van der Waals surface area contributed by atoms with E-state index < -0.39 is 11.7 Å². The first-order valence-electron chi connectivity index (χ1n) is 5.11. The van der Waals surface area contributed by atoms with Gasteiger partial charge in [0.15, 0.2) is 0 Å². The predicted octanol–water partition coefficient (Wildman–Crippen LogP) is 3.13. The van der Waals surface area contributed by atoms with Crippen LogP contribution in [0.5, 0.6) is 0 Å². The van der Waals surface area contributed by atoms with Crippen LogP contribution in [0.25, 0.3) is 0 Å². The number of alkyl halides is 3. The van der Waals surface area contributed by atoms with E-state index in [9.17, 15) is 13.2 Å². The summed E-state index contributed by atoms with van der Waals surface area (Å²) in [5, 5.41) is 0. The molecule has 0 radical (unpaired) electrons. The van der Waals surface area contributed by atoms with Crippen LogP contribution >= 0.6 is 0 Å². The molecule has 2 N–H and O–H groups in total. The Balaban J connectivity index is 3.28. The lowest BCUT2D eigenvalue weighted by Gasteiger charge is -2.25. The van der Waals surface area contributed by atoms with Gasteiger partial charge in [0.25, 0.3) is 0 Å². The summed E-state index contributed by atoms with van der Waals surface area (Å²) in [6, 6.07) is 3.68. The Morgan fingerprint density at radius 3 is 2.19 bits per heavy atom. The average molecular weight is 232 g/mol. The Bertz CT molecular complexity index is 357. The molecule has 1 aromatic rings. The van der Waals surface area contributed by atoms with Gasteiger partial charge in [0, 0.05) is 18.8 Å². The number of benzene rings is 1. The summed E-state index contributed by atoms with van der Waals surface area (Å²) in [7, 11) is 0. The Labute approximate surface area is 92.9 Å². The van der Waals surface area contributed by atoms with Crippen LogP contribution in [0, 0.1) is 0 Å². The summed E-state index contributed by atoms with van der Waals surface area (Å²) in [5.74, 6) is 0. The van der Waals surface area contributed by atoms with Crippen LogP contribution in [0.1, 0.15) is 19.4 Å². The van der Waals surface area contributed by atoms with Crippen LogP contribution in [0.3, 0.4) is 0 Å². The van der Waals surface area contributed by atoms with Gasteiger partial charge < -0.3 is 10.6 Å². The molecule has 0 fully saturated rings. The monoisotopic (exact) mass is 232 g/mol. The van der Waals surface area contributed by atoms with Crippen molar-refractivity contribution in [3.8, 4) is 0 Å². The third kappa shape index (κ3) is 2.59. The molecule has 0 spiro atoms. The van der Waals surface area contributed by atoms with E-state index in [0.29, 0.717) is 18.8 Å². The molecule has 1 rings (SSSR count). The molecule has 2 nitrogen and oxygen atoms in total. The fourth-order valence-corrected chi connectivity index (χ4v) is 1.61. The van der Waals surface area contributed by atoms with Crippen LogP contribution in [0.2, 0.25) is 0 Å². The number of halogens is 3. The Hall–Kier alpha value is -1.39. The molecule has 0 saturated heterocycles. The number of nitrogens with zero attached hydrogens (tertiary/aromatic N) is 1. The van der Waals surface area contributed by atoms with Gasteiger partial charge in [-0.15, -0.1) is 0 Å². The first-order chi connectivity index (χ1) is 7.40. The second kappa shape index (κ2) is 4.63. The molecule has 90 valence electrons. The van der Waals surface area contributed by atoms with Gasteiger partial charge in [-0.05, 0) is 32.0 Å². The van der Waals surface area contributed by atoms with Crippen molar-refractivity contribution in [2.45, 2.75) is 20.0 Å². The number of hydrogen-bond donors (Lipinski definition) is 1. The van der Waals surface area contributed by atoms with Gasteiger partial charge in [0.2, 0.25) is 0 Å². The van der Waals surface area contributed by atoms with Crippen LogP contribution in [-0.2, 0) is 6.18 Å². The Kier molecular flexibility index (Phi) is 3.67. The van der Waals surface area contributed by atoms with E-state index in [1.165, 1.54) is 12.1 Å². The maximum atomic E-state index is 12.7. The van der Waals surface area contributed by atoms with E-state index in [1.807, 2.05) is 13.8 Å². The Morgan fingerprint density at radius 1 is 1.19 bits per heavy atom. The van der Waals surface area contributed by atoms with Crippen molar-refractivity contribution < 1.29 is 13.2 Å². The van der Waals surface area contributed by atoms with Crippen LogP contribution in [0.4, 0.5) is 24.5 Å². The van der Waals surface area contributed by atoms with Gasteiger partial charge in [-0.1, -0.05) is 0 Å². The van der Waals surface area contributed by atoms with E-state index in [4.69, 9.17) is 5.73 Å². The summed E-state index contributed by atoms with van der Waals surface area (Å²) < 4.78 is 38.2. The molecule has 0 aliphatic rings. The number of nitrogen functional groups attached to an aromatic ring is 1. The van der Waals surface area contributed by atoms with Gasteiger partial charge in [0.05, 0.1) is 11.3 Å². The summed E-state index contributed by atoms with van der Waals surface area (Å²) >= 11 is 0. The summed E-state index contributed by atoms with van der Waals surface area (Å²) in [4.78, 5) is 1.64. The molecule has 1 aromatic carbocycles. The SMILES string of the molecule is CCN(CC)c1cc(N)ccc1C(F)(F)F. The second-order valence-electron chi connectivity index (χ2n) is 3.45. The third-order valence-electron chi connectivity index (χ3n) is 2.43. The lowest BCUT2D eigenvalue weighted by Crippen LogP contribution is -2.25. The van der Waals surface area contributed by atoms with Gasteiger partial charge in [-0.2, -0.15) is 13.2 Å². The zero-order valence-corrected chi connectivity index (χ0v) is 9.30. The van der Waals surface area contributed by atoms with Crippen molar-refractivity contribution in [3.63, 3.8) is 0 Å². The molecule has 0 bridgehead atoms. The second-order valence-corrected chi connectivity index (χ2v) is 3.45. The highest BCUT2D eigenvalue weighted by Crippen LogP contribution is 2.37. The van der Waals surface area contributed by atoms with Crippen LogP contribution in [-0.4, -0.2) is 13.1 Å². The van der Waals surface area contributed by atoms with Gasteiger partial charge >= 0.3 is 6.18 Å². The molecular weight excluding hydrogens is 217 g/mol. The molecule has 0 atom stereocenters.